The number of carbonyl (C=O) groups is 3. The van der Waals surface area contributed by atoms with Crippen LogP contribution in [-0.2, 0) is 27.2 Å². The third-order valence-electron chi connectivity index (χ3n) is 11.8. The average Bonchev–Trinajstić information content (AvgIpc) is 3.72. The Morgan fingerprint density at radius 2 is 1.81 bits per heavy atom. The lowest BCUT2D eigenvalue weighted by molar-refractivity contribution is -0.131. The molecule has 12 N–H and O–H groups in total. The average molecular weight is 804 g/mol. The Hall–Kier alpha value is -4.64. The number of aliphatic hydroxyl groups excluding tert-OH is 4. The van der Waals surface area contributed by atoms with Gasteiger partial charge in [0.1, 0.15) is 24.8 Å². The Kier molecular flexibility index (Phi) is 16.4. The van der Waals surface area contributed by atoms with Crippen molar-refractivity contribution in [2.75, 3.05) is 6.61 Å². The number of hydrogen-bond donors (Lipinski definition) is 10. The van der Waals surface area contributed by atoms with Crippen molar-refractivity contribution in [3.8, 4) is 0 Å². The fourth-order valence-corrected chi connectivity index (χ4v) is 8.72. The van der Waals surface area contributed by atoms with Gasteiger partial charge in [-0.2, -0.15) is 0 Å². The number of rotatable bonds is 23. The quantitative estimate of drug-likeness (QED) is 0.0377. The molecule has 1 aliphatic heterocycles. The lowest BCUT2D eigenvalue weighted by Crippen LogP contribution is -2.56. The van der Waals surface area contributed by atoms with Crippen molar-refractivity contribution in [3.05, 3.63) is 82.3 Å². The molecule has 15 nitrogen and oxygen atoms in total. The van der Waals surface area contributed by atoms with Crippen LogP contribution in [0.25, 0.3) is 16.1 Å². The van der Waals surface area contributed by atoms with Gasteiger partial charge in [0.05, 0.1) is 18.7 Å². The SMILES string of the molecule is NC1=N[C@H](/C(=C\C(=O)O)[C@@H](C[C@H]2CCc3cc4ccc(CC=O)cc4cc3[C@@H]2CCC[C@@H](N)CC[C@H](C=O)CCC(O)O)[N-]c2ccc[nH]2)C[C@H]([C@H](O)[C@H](O)CO)N1. The van der Waals surface area contributed by atoms with Crippen molar-refractivity contribution in [1.82, 2.24) is 10.3 Å². The number of aldehydes is 2. The van der Waals surface area contributed by atoms with E-state index in [2.05, 4.69) is 33.5 Å². The number of carbonyl (C=O) groups excluding carboxylic acids is 2. The number of guanidine groups is 1. The number of fused-ring (bicyclic) bond motifs is 2. The van der Waals surface area contributed by atoms with Gasteiger partial charge in [-0.3, -0.25) is 0 Å². The van der Waals surface area contributed by atoms with Gasteiger partial charge in [-0.1, -0.05) is 60.9 Å². The first-order valence-corrected chi connectivity index (χ1v) is 20.3. The highest BCUT2D eigenvalue weighted by Crippen LogP contribution is 2.46. The van der Waals surface area contributed by atoms with Crippen LogP contribution in [0.1, 0.15) is 86.8 Å². The number of carboxylic acid groups (broad SMARTS) is 1. The van der Waals surface area contributed by atoms with Crippen LogP contribution in [0.2, 0.25) is 0 Å². The van der Waals surface area contributed by atoms with Gasteiger partial charge in [0, 0.05) is 24.5 Å². The molecule has 316 valence electrons. The summed E-state index contributed by atoms with van der Waals surface area (Å²) >= 11 is 0. The van der Waals surface area contributed by atoms with Crippen LogP contribution in [0.15, 0.2) is 65.3 Å². The number of aryl methyl sites for hydroxylation is 1. The molecule has 0 radical (unpaired) electrons. The molecule has 0 saturated carbocycles. The molecule has 1 aliphatic carbocycles. The highest BCUT2D eigenvalue weighted by atomic mass is 16.5. The zero-order valence-electron chi connectivity index (χ0n) is 32.8. The number of nitrogens with one attached hydrogen (secondary N) is 2. The van der Waals surface area contributed by atoms with E-state index in [1.807, 2.05) is 12.1 Å². The number of aliphatic carboxylic acids is 1. The highest BCUT2D eigenvalue weighted by molar-refractivity contribution is 5.86. The first kappa shape index (κ1) is 44.5. The summed E-state index contributed by atoms with van der Waals surface area (Å²) in [6.07, 6.45) is 6.68. The van der Waals surface area contributed by atoms with Crippen molar-refractivity contribution >= 4 is 41.1 Å². The van der Waals surface area contributed by atoms with Gasteiger partial charge in [0.15, 0.2) is 12.2 Å². The van der Waals surface area contributed by atoms with E-state index in [0.717, 1.165) is 60.7 Å². The fourth-order valence-electron chi connectivity index (χ4n) is 8.72. The second-order valence-electron chi connectivity index (χ2n) is 15.9. The molecule has 0 amide bonds. The standard InChI is InChI=1S/C43H59N6O9/c44-31(12-7-26(23-51)8-13-40(54)55)3-1-4-32-29(11-10-28-18-27-9-6-25(14-16-50)17-30(27)19-33(28)32)20-35(47-39-5-2-15-46-39)34(21-41(56)57)36-22-37(49-43(45)48-36)42(58)38(53)24-52/h2,5-6,9,15-19,21,23,26,29,31-32,35-38,40,42,46,52-55,58H,1,3-4,7-8,10-14,20,22,24,44H2,(H,56,57)(H3,45,48,49)/q-1/b34-21-/t26-,29+,31+,32+,35+,36-,37+,38+,42-/m0/s1. The first-order chi connectivity index (χ1) is 27.9. The molecule has 5 rings (SSSR count). The van der Waals surface area contributed by atoms with Gasteiger partial charge in [0.2, 0.25) is 0 Å². The minimum Gasteiger partial charge on any atom is -0.478 e. The Balaban J connectivity index is 1.46. The molecule has 15 heteroatoms. The minimum absolute atomic E-state index is 0.0326. The second-order valence-corrected chi connectivity index (χ2v) is 15.9. The van der Waals surface area contributed by atoms with Crippen LogP contribution in [0.4, 0.5) is 5.82 Å². The molecule has 0 saturated heterocycles. The molecule has 2 aromatic carbocycles. The highest BCUT2D eigenvalue weighted by Gasteiger charge is 2.37. The number of nitrogens with zero attached hydrogens (tertiary/aromatic N) is 2. The molecular weight excluding hydrogens is 745 g/mol. The van der Waals surface area contributed by atoms with E-state index >= 15 is 0 Å². The molecule has 1 aromatic heterocycles. The van der Waals surface area contributed by atoms with Crippen molar-refractivity contribution in [1.29, 1.82) is 0 Å². The molecule has 9 atom stereocenters. The summed E-state index contributed by atoms with van der Waals surface area (Å²) in [7, 11) is 0. The summed E-state index contributed by atoms with van der Waals surface area (Å²) in [6, 6.07) is 11.6. The minimum atomic E-state index is -1.46. The van der Waals surface area contributed by atoms with Gasteiger partial charge in [-0.15, -0.1) is 0 Å². The van der Waals surface area contributed by atoms with E-state index in [4.69, 9.17) is 16.8 Å². The summed E-state index contributed by atoms with van der Waals surface area (Å²) in [5.41, 5.74) is 16.5. The second kappa shape index (κ2) is 21.4. The van der Waals surface area contributed by atoms with Crippen molar-refractivity contribution in [2.45, 2.75) is 126 Å². The molecule has 2 aliphatic rings. The van der Waals surface area contributed by atoms with Gasteiger partial charge in [-0.05, 0) is 115 Å². The molecule has 0 fully saturated rings. The van der Waals surface area contributed by atoms with E-state index in [1.165, 1.54) is 11.1 Å². The van der Waals surface area contributed by atoms with Crippen molar-refractivity contribution in [2.24, 2.45) is 28.3 Å². The lowest BCUT2D eigenvalue weighted by Gasteiger charge is -2.41. The summed E-state index contributed by atoms with van der Waals surface area (Å²) in [5, 5.41) is 69.4. The number of nitrogens with two attached hydrogens (primary N) is 2. The molecule has 3 aromatic rings. The van der Waals surface area contributed by atoms with Crippen LogP contribution in [0.3, 0.4) is 0 Å². The van der Waals surface area contributed by atoms with Gasteiger partial charge >= 0.3 is 5.97 Å². The maximum Gasteiger partial charge on any atom is 0.328 e. The summed E-state index contributed by atoms with van der Waals surface area (Å²) < 4.78 is 0. The molecule has 2 heterocycles. The number of aliphatic imine (C=N–C) groups is 1. The Morgan fingerprint density at radius 3 is 2.50 bits per heavy atom. The third-order valence-corrected chi connectivity index (χ3v) is 11.8. The fraction of sp³-hybridized carbons (Fsp3) is 0.535. The first-order valence-electron chi connectivity index (χ1n) is 20.3. The zero-order valence-corrected chi connectivity index (χ0v) is 32.8. The van der Waals surface area contributed by atoms with E-state index < -0.39 is 49.2 Å². The Morgan fingerprint density at radius 1 is 1.02 bits per heavy atom. The normalized spacial score (nSPS) is 22.3. The van der Waals surface area contributed by atoms with Crippen molar-refractivity contribution in [3.63, 3.8) is 0 Å². The molecule has 0 unspecified atom stereocenters. The van der Waals surface area contributed by atoms with Crippen molar-refractivity contribution < 1.29 is 45.0 Å². The van der Waals surface area contributed by atoms with Crippen LogP contribution in [0, 0.1) is 11.8 Å². The lowest BCUT2D eigenvalue weighted by atomic mass is 9.69. The number of aromatic amines is 1. The topological polar surface area (TPSA) is 279 Å². The van der Waals surface area contributed by atoms with Crippen LogP contribution in [0.5, 0.6) is 0 Å². The van der Waals surface area contributed by atoms with E-state index in [0.29, 0.717) is 49.9 Å². The smallest absolute Gasteiger partial charge is 0.328 e. The van der Waals surface area contributed by atoms with Gasteiger partial charge < -0.3 is 67.3 Å². The molecular formula is C43H59N6O9-. The Bertz CT molecular complexity index is 1870. The number of hydrogen-bond acceptors (Lipinski definition) is 12. The van der Waals surface area contributed by atoms with Crippen LogP contribution >= 0.6 is 0 Å². The number of aliphatic hydroxyl groups is 5. The van der Waals surface area contributed by atoms with Gasteiger partial charge in [0.25, 0.3) is 0 Å². The zero-order chi connectivity index (χ0) is 41.8. The monoisotopic (exact) mass is 803 g/mol. The number of carboxylic acids is 1. The number of H-pyrrole nitrogens is 1. The summed E-state index contributed by atoms with van der Waals surface area (Å²) in [6.45, 7) is -0.679. The van der Waals surface area contributed by atoms with Gasteiger partial charge in [-0.25, -0.2) is 9.79 Å². The van der Waals surface area contributed by atoms with Crippen LogP contribution in [-0.4, -0.2) is 109 Å². The van der Waals surface area contributed by atoms with E-state index in [-0.39, 0.29) is 42.6 Å². The van der Waals surface area contributed by atoms with Crippen LogP contribution < -0.4 is 16.8 Å². The predicted octanol–water partition coefficient (Wildman–Crippen LogP) is 2.97. The number of benzene rings is 2. The summed E-state index contributed by atoms with van der Waals surface area (Å²) in [4.78, 5) is 43.2. The number of aromatic nitrogens is 1. The molecule has 0 spiro atoms. The summed E-state index contributed by atoms with van der Waals surface area (Å²) in [5.74, 6) is -0.909. The van der Waals surface area contributed by atoms with E-state index in [1.54, 1.807) is 18.3 Å². The largest absolute Gasteiger partial charge is 0.478 e. The molecule has 58 heavy (non-hydrogen) atoms. The Labute approximate surface area is 338 Å². The third kappa shape index (κ3) is 12.2. The van der Waals surface area contributed by atoms with E-state index in [9.17, 15) is 45.0 Å². The maximum absolute atomic E-state index is 12.5. The predicted molar refractivity (Wildman–Crippen MR) is 220 cm³/mol. The molecule has 0 bridgehead atoms. The maximum atomic E-state index is 12.5.